The Balaban J connectivity index is 1.37. The smallest absolute Gasteiger partial charge is 0.227 e. The minimum atomic E-state index is 0.560. The average molecular weight is 620 g/mol. The molecule has 0 saturated carbocycles. The summed E-state index contributed by atoms with van der Waals surface area (Å²) in [5.41, 5.74) is 9.70. The minimum Gasteiger partial charge on any atom is -0.454 e. The van der Waals surface area contributed by atoms with Crippen LogP contribution in [0.25, 0.3) is 44.5 Å². The van der Waals surface area contributed by atoms with Crippen LogP contribution in [-0.4, -0.2) is 4.98 Å². The van der Waals surface area contributed by atoms with Crippen LogP contribution in [-0.2, 0) is 0 Å². The van der Waals surface area contributed by atoms with Gasteiger partial charge >= 0.3 is 0 Å². The van der Waals surface area contributed by atoms with Gasteiger partial charge < -0.3 is 18.6 Å². The van der Waals surface area contributed by atoms with Crippen LogP contribution >= 0.6 is 0 Å². The zero-order valence-corrected chi connectivity index (χ0v) is 25.9. The van der Waals surface area contributed by atoms with Gasteiger partial charge in [-0.3, -0.25) is 0 Å². The van der Waals surface area contributed by atoms with E-state index in [0.29, 0.717) is 11.5 Å². The Labute approximate surface area is 277 Å². The fourth-order valence-electron chi connectivity index (χ4n) is 6.49. The number of oxazole rings is 1. The van der Waals surface area contributed by atoms with Gasteiger partial charge in [0.15, 0.2) is 11.2 Å². The summed E-state index contributed by atoms with van der Waals surface area (Å²) in [6, 6.07) is 60.0. The van der Waals surface area contributed by atoms with Gasteiger partial charge in [-0.1, -0.05) is 103 Å². The molecule has 5 heteroatoms. The van der Waals surface area contributed by atoms with Crippen molar-refractivity contribution in [1.29, 1.82) is 0 Å². The molecule has 228 valence electrons. The maximum atomic E-state index is 6.72. The van der Waals surface area contributed by atoms with Crippen LogP contribution in [0.3, 0.4) is 0 Å². The largest absolute Gasteiger partial charge is 0.454 e. The predicted molar refractivity (Wildman–Crippen MR) is 196 cm³/mol. The first-order valence-electron chi connectivity index (χ1n) is 16.0. The van der Waals surface area contributed by atoms with Crippen molar-refractivity contribution in [2.45, 2.75) is 0 Å². The average Bonchev–Trinajstić information content (AvgIpc) is 3.76. The lowest BCUT2D eigenvalue weighted by Crippen LogP contribution is -2.13. The number of fused-ring (bicyclic) bond motifs is 4. The van der Waals surface area contributed by atoms with Crippen molar-refractivity contribution in [2.24, 2.45) is 0 Å². The van der Waals surface area contributed by atoms with E-state index in [2.05, 4.69) is 119 Å². The third-order valence-electron chi connectivity index (χ3n) is 8.64. The lowest BCUT2D eigenvalue weighted by molar-refractivity contribution is 0.620. The highest BCUT2D eigenvalue weighted by Gasteiger charge is 2.26. The van der Waals surface area contributed by atoms with Gasteiger partial charge in [-0.15, -0.1) is 0 Å². The van der Waals surface area contributed by atoms with Crippen molar-refractivity contribution >= 4 is 67.2 Å². The maximum absolute atomic E-state index is 6.72. The number of rotatable bonds is 7. The molecule has 0 aliphatic carbocycles. The molecule has 0 unspecified atom stereocenters. The van der Waals surface area contributed by atoms with Crippen LogP contribution in [0.4, 0.5) is 34.1 Å². The molecular weight excluding hydrogens is 590 g/mol. The normalized spacial score (nSPS) is 11.3. The fraction of sp³-hybridized carbons (Fsp3) is 0. The zero-order chi connectivity index (χ0) is 31.9. The highest BCUT2D eigenvalue weighted by atomic mass is 16.4. The molecule has 0 fully saturated rings. The van der Waals surface area contributed by atoms with E-state index in [0.717, 1.165) is 67.1 Å². The van der Waals surface area contributed by atoms with Crippen LogP contribution in [0.15, 0.2) is 185 Å². The van der Waals surface area contributed by atoms with Crippen molar-refractivity contribution in [2.75, 3.05) is 9.80 Å². The van der Waals surface area contributed by atoms with Gasteiger partial charge in [0.1, 0.15) is 11.1 Å². The SMILES string of the molecule is c1ccc(-c2nc3cc(N(c4ccccc4)c4ccccc4)cc(N(c4ccccc4)c4cccc5c4oc4ccccc45)c3o2)cc1. The fourth-order valence-corrected chi connectivity index (χ4v) is 6.49. The van der Waals surface area contributed by atoms with Gasteiger partial charge in [0.25, 0.3) is 0 Å². The molecule has 0 bridgehead atoms. The molecule has 0 amide bonds. The van der Waals surface area contributed by atoms with E-state index in [1.165, 1.54) is 0 Å². The molecule has 9 aromatic rings. The Morgan fingerprint density at radius 1 is 0.396 bits per heavy atom. The second-order valence-electron chi connectivity index (χ2n) is 11.6. The molecule has 2 aromatic heterocycles. The molecule has 5 nitrogen and oxygen atoms in total. The van der Waals surface area contributed by atoms with E-state index in [4.69, 9.17) is 13.8 Å². The summed E-state index contributed by atoms with van der Waals surface area (Å²) in [6.07, 6.45) is 0. The lowest BCUT2D eigenvalue weighted by Gasteiger charge is -2.29. The number of furan rings is 1. The molecule has 0 radical (unpaired) electrons. The van der Waals surface area contributed by atoms with Crippen LogP contribution in [0.1, 0.15) is 0 Å². The number of anilines is 6. The Kier molecular flexibility index (Phi) is 6.72. The first-order valence-corrected chi connectivity index (χ1v) is 16.0. The van der Waals surface area contributed by atoms with Gasteiger partial charge in [0.2, 0.25) is 5.89 Å². The van der Waals surface area contributed by atoms with Gasteiger partial charge in [-0.25, -0.2) is 4.98 Å². The predicted octanol–water partition coefficient (Wildman–Crippen LogP) is 12.3. The van der Waals surface area contributed by atoms with E-state index < -0.39 is 0 Å². The third kappa shape index (κ3) is 4.77. The molecule has 0 atom stereocenters. The topological polar surface area (TPSA) is 45.7 Å². The number of nitrogens with zero attached hydrogens (tertiary/aromatic N) is 3. The lowest BCUT2D eigenvalue weighted by atomic mass is 10.1. The number of hydrogen-bond donors (Lipinski definition) is 0. The second kappa shape index (κ2) is 11.6. The summed E-state index contributed by atoms with van der Waals surface area (Å²) >= 11 is 0. The molecule has 0 aliphatic rings. The number of aromatic nitrogens is 1. The molecule has 0 spiro atoms. The minimum absolute atomic E-state index is 0.560. The molecule has 9 rings (SSSR count). The van der Waals surface area contributed by atoms with Crippen molar-refractivity contribution in [1.82, 2.24) is 4.98 Å². The summed E-state index contributed by atoms with van der Waals surface area (Å²) in [6.45, 7) is 0. The van der Waals surface area contributed by atoms with E-state index >= 15 is 0 Å². The Bertz CT molecular complexity index is 2470. The van der Waals surface area contributed by atoms with Crippen LogP contribution in [0, 0.1) is 0 Å². The van der Waals surface area contributed by atoms with Gasteiger partial charge in [-0.05, 0) is 72.8 Å². The van der Waals surface area contributed by atoms with Crippen molar-refractivity contribution in [3.05, 3.63) is 176 Å². The van der Waals surface area contributed by atoms with E-state index in [-0.39, 0.29) is 0 Å². The molecular formula is C43H29N3O2. The summed E-state index contributed by atoms with van der Waals surface area (Å²) in [4.78, 5) is 9.58. The molecule has 48 heavy (non-hydrogen) atoms. The van der Waals surface area contributed by atoms with Crippen LogP contribution in [0.2, 0.25) is 0 Å². The molecule has 7 aromatic carbocycles. The number of benzene rings is 7. The summed E-state index contributed by atoms with van der Waals surface area (Å²) in [5.74, 6) is 0.560. The summed E-state index contributed by atoms with van der Waals surface area (Å²) in [5, 5.41) is 2.13. The zero-order valence-electron chi connectivity index (χ0n) is 25.9. The molecule has 0 aliphatic heterocycles. The Morgan fingerprint density at radius 3 is 1.62 bits per heavy atom. The van der Waals surface area contributed by atoms with Crippen LogP contribution in [0.5, 0.6) is 0 Å². The van der Waals surface area contributed by atoms with Gasteiger partial charge in [0.05, 0.1) is 17.1 Å². The summed E-state index contributed by atoms with van der Waals surface area (Å²) in [7, 11) is 0. The van der Waals surface area contributed by atoms with E-state index in [9.17, 15) is 0 Å². The molecule has 0 N–H and O–H groups in total. The first kappa shape index (κ1) is 27.7. The van der Waals surface area contributed by atoms with E-state index in [1.54, 1.807) is 0 Å². The van der Waals surface area contributed by atoms with Gasteiger partial charge in [-0.2, -0.15) is 0 Å². The Morgan fingerprint density at radius 2 is 0.958 bits per heavy atom. The van der Waals surface area contributed by atoms with Crippen molar-refractivity contribution in [3.63, 3.8) is 0 Å². The quantitative estimate of drug-likeness (QED) is 0.178. The standard InChI is InChI=1S/C43H29N3O2/c1-5-16-30(17-6-1)43-44-37-28-34(45(31-18-7-2-8-19-31)32-20-9-3-10-21-32)29-39(42(37)48-43)46(33-22-11-4-12-23-33)38-26-15-25-36-35-24-13-14-27-40(35)47-41(36)38/h1-29H. The van der Waals surface area contributed by atoms with Gasteiger partial charge in [0, 0.05) is 33.4 Å². The maximum Gasteiger partial charge on any atom is 0.227 e. The van der Waals surface area contributed by atoms with Crippen LogP contribution < -0.4 is 9.80 Å². The molecule has 2 heterocycles. The highest BCUT2D eigenvalue weighted by molar-refractivity contribution is 6.11. The highest BCUT2D eigenvalue weighted by Crippen LogP contribution is 2.47. The number of para-hydroxylation sites is 5. The number of hydrogen-bond acceptors (Lipinski definition) is 5. The van der Waals surface area contributed by atoms with E-state index in [1.807, 2.05) is 66.7 Å². The Hall–Kier alpha value is -6.59. The second-order valence-corrected chi connectivity index (χ2v) is 11.6. The summed E-state index contributed by atoms with van der Waals surface area (Å²) < 4.78 is 13.3. The monoisotopic (exact) mass is 619 g/mol. The van der Waals surface area contributed by atoms with Crippen molar-refractivity contribution < 1.29 is 8.83 Å². The van der Waals surface area contributed by atoms with Crippen molar-refractivity contribution in [3.8, 4) is 11.5 Å². The molecule has 0 saturated heterocycles. The first-order chi connectivity index (χ1) is 23.8. The third-order valence-corrected chi connectivity index (χ3v) is 8.64.